The molecule has 2 aliphatic heterocycles. The van der Waals surface area contributed by atoms with Gasteiger partial charge in [0.2, 0.25) is 5.91 Å². The predicted molar refractivity (Wildman–Crippen MR) is 147 cm³/mol. The molecule has 0 aromatic heterocycles. The number of nitrogens with one attached hydrogen (secondary N) is 1. The van der Waals surface area contributed by atoms with Crippen molar-refractivity contribution in [3.63, 3.8) is 0 Å². The number of amides is 3. The molecule has 202 valence electrons. The molecule has 3 amide bonds. The van der Waals surface area contributed by atoms with E-state index in [9.17, 15) is 9.59 Å². The normalized spacial score (nSPS) is 22.2. The minimum atomic E-state index is -0.320. The third-order valence-electron chi connectivity index (χ3n) is 7.69. The summed E-state index contributed by atoms with van der Waals surface area (Å²) < 4.78 is 11.5. The van der Waals surface area contributed by atoms with Gasteiger partial charge in [-0.05, 0) is 55.5 Å². The van der Waals surface area contributed by atoms with Gasteiger partial charge in [0.25, 0.3) is 0 Å². The van der Waals surface area contributed by atoms with E-state index in [-0.39, 0.29) is 30.6 Å². The van der Waals surface area contributed by atoms with Crippen molar-refractivity contribution in [3.05, 3.63) is 58.6 Å². The number of carbonyl (C=O) groups is 2. The first kappa shape index (κ1) is 26.4. The predicted octanol–water partition coefficient (Wildman–Crippen LogP) is 5.05. The fourth-order valence-electron chi connectivity index (χ4n) is 5.86. The fourth-order valence-corrected chi connectivity index (χ4v) is 5.98. The number of hydrogen-bond donors (Lipinski definition) is 1. The van der Waals surface area contributed by atoms with Gasteiger partial charge in [-0.3, -0.25) is 14.7 Å². The van der Waals surface area contributed by atoms with Gasteiger partial charge >= 0.3 is 6.03 Å². The zero-order valence-corrected chi connectivity index (χ0v) is 22.7. The van der Waals surface area contributed by atoms with Crippen LogP contribution < -0.4 is 14.8 Å². The van der Waals surface area contributed by atoms with Gasteiger partial charge in [0.1, 0.15) is 23.9 Å². The van der Waals surface area contributed by atoms with E-state index in [0.717, 1.165) is 36.8 Å². The minimum Gasteiger partial charge on any atom is -0.497 e. The fraction of sp³-hybridized carbons (Fsp3) is 0.483. The quantitative estimate of drug-likeness (QED) is 0.558. The van der Waals surface area contributed by atoms with Gasteiger partial charge in [0.05, 0.1) is 31.4 Å². The summed E-state index contributed by atoms with van der Waals surface area (Å²) >= 11 is 6.26. The number of hydrogen-bond acceptors (Lipinski definition) is 5. The SMILES string of the molecule is CCOc1cc(OC)ccc1C1=NC(C2CCCCC2)C(c2ccc(Cl)cc2)N1C(=O)N1CCNC(=O)C1. The van der Waals surface area contributed by atoms with Crippen LogP contribution in [0.2, 0.25) is 5.02 Å². The maximum absolute atomic E-state index is 14.3. The molecule has 1 saturated heterocycles. The molecule has 2 atom stereocenters. The Morgan fingerprint density at radius 1 is 1.13 bits per heavy atom. The Balaban J connectivity index is 1.65. The Morgan fingerprint density at radius 3 is 2.58 bits per heavy atom. The molecule has 0 bridgehead atoms. The van der Waals surface area contributed by atoms with Crippen molar-refractivity contribution in [3.8, 4) is 11.5 Å². The smallest absolute Gasteiger partial charge is 0.326 e. The molecule has 2 aromatic rings. The summed E-state index contributed by atoms with van der Waals surface area (Å²) in [5.41, 5.74) is 1.71. The number of rotatable bonds is 6. The highest BCUT2D eigenvalue weighted by Crippen LogP contribution is 2.44. The zero-order chi connectivity index (χ0) is 26.6. The van der Waals surface area contributed by atoms with E-state index >= 15 is 0 Å². The first-order chi connectivity index (χ1) is 18.5. The van der Waals surface area contributed by atoms with E-state index in [1.54, 1.807) is 16.9 Å². The molecule has 0 radical (unpaired) electrons. The molecular weight excluding hydrogens is 504 g/mol. The minimum absolute atomic E-state index is 0.0188. The van der Waals surface area contributed by atoms with E-state index < -0.39 is 0 Å². The van der Waals surface area contributed by atoms with Gasteiger partial charge < -0.3 is 19.7 Å². The molecule has 9 heteroatoms. The van der Waals surface area contributed by atoms with Crippen molar-refractivity contribution in [1.82, 2.24) is 15.1 Å². The Kier molecular flexibility index (Phi) is 8.07. The van der Waals surface area contributed by atoms with Crippen LogP contribution in [0, 0.1) is 5.92 Å². The molecule has 1 aliphatic carbocycles. The number of urea groups is 1. The van der Waals surface area contributed by atoms with Gasteiger partial charge in [-0.2, -0.15) is 0 Å². The van der Waals surface area contributed by atoms with Crippen molar-refractivity contribution < 1.29 is 19.1 Å². The number of benzene rings is 2. The number of ether oxygens (including phenoxy) is 2. The third kappa shape index (κ3) is 5.32. The summed E-state index contributed by atoms with van der Waals surface area (Å²) in [6.45, 7) is 3.27. The van der Waals surface area contributed by atoms with Gasteiger partial charge in [-0.25, -0.2) is 4.79 Å². The highest BCUT2D eigenvalue weighted by Gasteiger charge is 2.47. The molecule has 2 aromatic carbocycles. The largest absolute Gasteiger partial charge is 0.497 e. The van der Waals surface area contributed by atoms with Crippen LogP contribution in [0.4, 0.5) is 4.79 Å². The molecule has 2 unspecified atom stereocenters. The monoisotopic (exact) mass is 538 g/mol. The van der Waals surface area contributed by atoms with Gasteiger partial charge in [-0.1, -0.05) is 43.0 Å². The Morgan fingerprint density at radius 2 is 1.89 bits per heavy atom. The third-order valence-corrected chi connectivity index (χ3v) is 7.94. The molecule has 8 nitrogen and oxygen atoms in total. The van der Waals surface area contributed by atoms with Crippen LogP contribution in [0.1, 0.15) is 56.2 Å². The first-order valence-electron chi connectivity index (χ1n) is 13.5. The summed E-state index contributed by atoms with van der Waals surface area (Å²) in [6.07, 6.45) is 5.68. The molecule has 2 heterocycles. The lowest BCUT2D eigenvalue weighted by atomic mass is 9.80. The van der Waals surface area contributed by atoms with Gasteiger partial charge in [0, 0.05) is 24.2 Å². The number of nitrogens with zero attached hydrogens (tertiary/aromatic N) is 3. The summed E-state index contributed by atoms with van der Waals surface area (Å²) in [6, 6.07) is 12.6. The average Bonchev–Trinajstić information content (AvgIpc) is 3.34. The van der Waals surface area contributed by atoms with Crippen molar-refractivity contribution in [2.45, 2.75) is 51.1 Å². The zero-order valence-electron chi connectivity index (χ0n) is 22.0. The number of piperazine rings is 1. The van der Waals surface area contributed by atoms with E-state index in [4.69, 9.17) is 26.1 Å². The summed E-state index contributed by atoms with van der Waals surface area (Å²) in [5, 5.41) is 3.46. The highest BCUT2D eigenvalue weighted by atomic mass is 35.5. The average molecular weight is 539 g/mol. The first-order valence-corrected chi connectivity index (χ1v) is 13.9. The molecule has 38 heavy (non-hydrogen) atoms. The Bertz CT molecular complexity index is 1200. The van der Waals surface area contributed by atoms with Gasteiger partial charge in [-0.15, -0.1) is 0 Å². The van der Waals surface area contributed by atoms with Crippen LogP contribution in [0.3, 0.4) is 0 Å². The lowest BCUT2D eigenvalue weighted by Gasteiger charge is -2.37. The van der Waals surface area contributed by atoms with E-state index in [1.807, 2.05) is 49.4 Å². The molecule has 3 aliphatic rings. The summed E-state index contributed by atoms with van der Waals surface area (Å²) in [7, 11) is 1.62. The van der Waals surface area contributed by atoms with E-state index in [0.29, 0.717) is 48.0 Å². The summed E-state index contributed by atoms with van der Waals surface area (Å²) in [5.74, 6) is 2.03. The van der Waals surface area contributed by atoms with Crippen LogP contribution >= 0.6 is 11.6 Å². The molecule has 0 spiro atoms. The number of aliphatic imine (C=N–C) groups is 1. The van der Waals surface area contributed by atoms with Crippen molar-refractivity contribution >= 4 is 29.4 Å². The van der Waals surface area contributed by atoms with E-state index in [2.05, 4.69) is 5.32 Å². The van der Waals surface area contributed by atoms with Crippen LogP contribution in [0.5, 0.6) is 11.5 Å². The van der Waals surface area contributed by atoms with Crippen molar-refractivity contribution in [1.29, 1.82) is 0 Å². The molecule has 1 saturated carbocycles. The Hall–Kier alpha value is -3.26. The highest BCUT2D eigenvalue weighted by molar-refractivity contribution is 6.30. The van der Waals surface area contributed by atoms with Crippen LogP contribution in [-0.2, 0) is 4.79 Å². The molecule has 5 rings (SSSR count). The maximum Gasteiger partial charge on any atom is 0.326 e. The lowest BCUT2D eigenvalue weighted by Crippen LogP contribution is -2.55. The van der Waals surface area contributed by atoms with Gasteiger partial charge in [0.15, 0.2) is 0 Å². The Labute approximate surface area is 228 Å². The number of methoxy groups -OCH3 is 1. The van der Waals surface area contributed by atoms with Crippen LogP contribution in [-0.4, -0.2) is 67.0 Å². The second-order valence-electron chi connectivity index (χ2n) is 10.1. The standard InChI is InChI=1S/C29H35ClN4O4/c1-3-38-24-17-22(37-2)13-14-23(24)28-32-26(19-7-5-4-6-8-19)27(20-9-11-21(30)12-10-20)34(28)29(36)33-16-15-31-25(35)18-33/h9-14,17,19,26-27H,3-8,15-16,18H2,1-2H3,(H,31,35). The topological polar surface area (TPSA) is 83.5 Å². The second kappa shape index (κ2) is 11.6. The maximum atomic E-state index is 14.3. The van der Waals surface area contributed by atoms with Crippen molar-refractivity contribution in [2.75, 3.05) is 33.4 Å². The van der Waals surface area contributed by atoms with E-state index in [1.165, 1.54) is 6.42 Å². The molecule has 2 fully saturated rings. The molecular formula is C29H35ClN4O4. The molecule has 1 N–H and O–H groups in total. The number of carbonyl (C=O) groups excluding carboxylic acids is 2. The number of amidine groups is 1. The van der Waals surface area contributed by atoms with Crippen molar-refractivity contribution in [2.24, 2.45) is 10.9 Å². The second-order valence-corrected chi connectivity index (χ2v) is 10.5. The number of halogens is 1. The van der Waals surface area contributed by atoms with Crippen LogP contribution in [0.15, 0.2) is 47.5 Å². The van der Waals surface area contributed by atoms with Crippen LogP contribution in [0.25, 0.3) is 0 Å². The summed E-state index contributed by atoms with van der Waals surface area (Å²) in [4.78, 5) is 35.3. The lowest BCUT2D eigenvalue weighted by molar-refractivity contribution is -0.123.